The lowest BCUT2D eigenvalue weighted by atomic mass is 10.0. The number of phenolic OH excluding ortho intramolecular Hbond substituents is 1. The minimum Gasteiger partial charge on any atom is -0.508 e. The number of fused-ring (bicyclic) bond motifs is 1. The Morgan fingerprint density at radius 1 is 1.19 bits per heavy atom. The Balaban J connectivity index is 2.26. The van der Waals surface area contributed by atoms with Crippen LogP contribution in [0.5, 0.6) is 5.75 Å². The smallest absolute Gasteiger partial charge is 0.200 e. The maximum atomic E-state index is 12.6. The van der Waals surface area contributed by atoms with Crippen molar-refractivity contribution < 1.29 is 9.52 Å². The summed E-state index contributed by atoms with van der Waals surface area (Å²) >= 11 is 5.86. The summed E-state index contributed by atoms with van der Waals surface area (Å²) in [6.07, 6.45) is 2.06. The second-order valence-electron chi connectivity index (χ2n) is 4.82. The zero-order valence-corrected chi connectivity index (χ0v) is 12.1. The summed E-state index contributed by atoms with van der Waals surface area (Å²) in [6, 6.07) is 10.2. The van der Waals surface area contributed by atoms with E-state index in [4.69, 9.17) is 16.0 Å². The molecule has 3 aromatic rings. The average molecular weight is 301 g/mol. The Hall–Kier alpha value is -2.26. The van der Waals surface area contributed by atoms with E-state index in [-0.39, 0.29) is 11.2 Å². The van der Waals surface area contributed by atoms with Crippen LogP contribution in [0, 0.1) is 0 Å². The number of benzene rings is 2. The average Bonchev–Trinajstić information content (AvgIpc) is 2.48. The number of halogens is 1. The van der Waals surface area contributed by atoms with E-state index in [9.17, 15) is 9.90 Å². The SMILES string of the molecule is CCc1cc2c(=O)c(-c3ccc(Cl)cc3)coc2cc1O. The van der Waals surface area contributed by atoms with Crippen LogP contribution in [-0.4, -0.2) is 5.11 Å². The van der Waals surface area contributed by atoms with Gasteiger partial charge >= 0.3 is 0 Å². The summed E-state index contributed by atoms with van der Waals surface area (Å²) in [5.41, 5.74) is 2.22. The molecule has 0 aliphatic carbocycles. The van der Waals surface area contributed by atoms with E-state index in [1.54, 1.807) is 30.3 Å². The number of rotatable bonds is 2. The molecule has 0 fully saturated rings. The molecule has 0 aliphatic heterocycles. The van der Waals surface area contributed by atoms with Gasteiger partial charge in [-0.25, -0.2) is 0 Å². The maximum Gasteiger partial charge on any atom is 0.200 e. The van der Waals surface area contributed by atoms with Gasteiger partial charge in [-0.1, -0.05) is 30.7 Å². The van der Waals surface area contributed by atoms with Crippen LogP contribution in [0.1, 0.15) is 12.5 Å². The lowest BCUT2D eigenvalue weighted by Gasteiger charge is -2.06. The molecule has 0 bridgehead atoms. The number of phenols is 1. The van der Waals surface area contributed by atoms with Crippen molar-refractivity contribution in [2.24, 2.45) is 0 Å². The molecule has 0 atom stereocenters. The van der Waals surface area contributed by atoms with Gasteiger partial charge in [-0.15, -0.1) is 0 Å². The lowest BCUT2D eigenvalue weighted by molar-refractivity contribution is 0.467. The predicted molar refractivity (Wildman–Crippen MR) is 84.0 cm³/mol. The van der Waals surface area contributed by atoms with Crippen LogP contribution in [0.2, 0.25) is 5.02 Å². The molecule has 4 heteroatoms. The summed E-state index contributed by atoms with van der Waals surface area (Å²) in [7, 11) is 0. The van der Waals surface area contributed by atoms with Crippen LogP contribution in [-0.2, 0) is 6.42 Å². The summed E-state index contributed by atoms with van der Waals surface area (Å²) in [5.74, 6) is 0.146. The molecule has 3 nitrogen and oxygen atoms in total. The van der Waals surface area contributed by atoms with Gasteiger partial charge < -0.3 is 9.52 Å². The first-order valence-electron chi connectivity index (χ1n) is 6.63. The fraction of sp³-hybridized carbons (Fsp3) is 0.118. The van der Waals surface area contributed by atoms with Crippen molar-refractivity contribution in [3.63, 3.8) is 0 Å². The first-order valence-corrected chi connectivity index (χ1v) is 7.01. The van der Waals surface area contributed by atoms with Gasteiger partial charge in [0.15, 0.2) is 0 Å². The third kappa shape index (κ3) is 2.41. The van der Waals surface area contributed by atoms with E-state index in [1.807, 2.05) is 6.92 Å². The van der Waals surface area contributed by atoms with Crippen molar-refractivity contribution in [2.75, 3.05) is 0 Å². The van der Waals surface area contributed by atoms with Crippen molar-refractivity contribution in [2.45, 2.75) is 13.3 Å². The van der Waals surface area contributed by atoms with Crippen LogP contribution in [0.4, 0.5) is 0 Å². The second kappa shape index (κ2) is 5.26. The quantitative estimate of drug-likeness (QED) is 0.764. The Bertz CT molecular complexity index is 864. The molecule has 0 spiro atoms. The topological polar surface area (TPSA) is 50.4 Å². The van der Waals surface area contributed by atoms with E-state index < -0.39 is 0 Å². The molecular weight excluding hydrogens is 288 g/mol. The molecule has 0 amide bonds. The first kappa shape index (κ1) is 13.7. The van der Waals surface area contributed by atoms with Gasteiger partial charge in [-0.05, 0) is 35.7 Å². The first-order chi connectivity index (χ1) is 10.1. The summed E-state index contributed by atoms with van der Waals surface area (Å²) in [5, 5.41) is 10.9. The summed E-state index contributed by atoms with van der Waals surface area (Å²) < 4.78 is 5.50. The van der Waals surface area contributed by atoms with E-state index in [0.29, 0.717) is 28.0 Å². The molecule has 106 valence electrons. The Kier molecular flexibility index (Phi) is 3.43. The van der Waals surface area contributed by atoms with Crippen molar-refractivity contribution in [1.82, 2.24) is 0 Å². The minimum absolute atomic E-state index is 0.117. The summed E-state index contributed by atoms with van der Waals surface area (Å²) in [6.45, 7) is 1.92. The molecule has 2 aromatic carbocycles. The lowest BCUT2D eigenvalue weighted by Crippen LogP contribution is -2.05. The van der Waals surface area contributed by atoms with Gasteiger partial charge in [0.05, 0.1) is 10.9 Å². The van der Waals surface area contributed by atoms with Gasteiger partial charge in [-0.2, -0.15) is 0 Å². The maximum absolute atomic E-state index is 12.6. The molecule has 0 radical (unpaired) electrons. The zero-order chi connectivity index (χ0) is 15.0. The molecule has 0 saturated carbocycles. The minimum atomic E-state index is -0.117. The van der Waals surface area contributed by atoms with E-state index >= 15 is 0 Å². The second-order valence-corrected chi connectivity index (χ2v) is 5.25. The molecule has 1 N–H and O–H groups in total. The van der Waals surface area contributed by atoms with Crippen molar-refractivity contribution in [3.05, 3.63) is 63.5 Å². The Morgan fingerprint density at radius 3 is 2.57 bits per heavy atom. The molecule has 0 saturated heterocycles. The normalized spacial score (nSPS) is 11.0. The molecule has 0 unspecified atom stereocenters. The van der Waals surface area contributed by atoms with E-state index in [0.717, 1.165) is 11.1 Å². The predicted octanol–water partition coefficient (Wildman–Crippen LogP) is 4.38. The molecular formula is C17H13ClO3. The summed E-state index contributed by atoms with van der Waals surface area (Å²) in [4.78, 5) is 12.6. The largest absolute Gasteiger partial charge is 0.508 e. The Labute approximate surface area is 126 Å². The van der Waals surface area contributed by atoms with Crippen LogP contribution >= 0.6 is 11.6 Å². The van der Waals surface area contributed by atoms with E-state index in [1.165, 1.54) is 12.3 Å². The number of hydrogen-bond acceptors (Lipinski definition) is 3. The fourth-order valence-corrected chi connectivity index (χ4v) is 2.45. The Morgan fingerprint density at radius 2 is 1.90 bits per heavy atom. The zero-order valence-electron chi connectivity index (χ0n) is 11.4. The molecule has 1 aromatic heterocycles. The van der Waals surface area contributed by atoms with Crippen LogP contribution in [0.15, 0.2) is 51.9 Å². The highest BCUT2D eigenvalue weighted by Gasteiger charge is 2.11. The molecule has 1 heterocycles. The highest BCUT2D eigenvalue weighted by atomic mass is 35.5. The standard InChI is InChI=1S/C17H13ClO3/c1-2-10-7-13-16(8-15(10)19)21-9-14(17(13)20)11-3-5-12(18)6-4-11/h3-9,19H,2H2,1H3. The number of hydrogen-bond donors (Lipinski definition) is 1. The van der Waals surface area contributed by atoms with Gasteiger partial charge in [0, 0.05) is 11.1 Å². The van der Waals surface area contributed by atoms with Crippen LogP contribution in [0.3, 0.4) is 0 Å². The van der Waals surface area contributed by atoms with Crippen molar-refractivity contribution in [1.29, 1.82) is 0 Å². The molecule has 0 aliphatic rings. The van der Waals surface area contributed by atoms with Crippen LogP contribution in [0.25, 0.3) is 22.1 Å². The molecule has 3 rings (SSSR count). The monoisotopic (exact) mass is 300 g/mol. The van der Waals surface area contributed by atoms with Gasteiger partial charge in [0.2, 0.25) is 5.43 Å². The molecule has 21 heavy (non-hydrogen) atoms. The van der Waals surface area contributed by atoms with Crippen molar-refractivity contribution in [3.8, 4) is 16.9 Å². The fourth-order valence-electron chi connectivity index (χ4n) is 2.32. The number of aryl methyl sites for hydroxylation is 1. The van der Waals surface area contributed by atoms with Gasteiger partial charge in [-0.3, -0.25) is 4.79 Å². The van der Waals surface area contributed by atoms with E-state index in [2.05, 4.69) is 0 Å². The van der Waals surface area contributed by atoms with Crippen LogP contribution < -0.4 is 5.43 Å². The third-order valence-corrected chi connectivity index (χ3v) is 3.76. The van der Waals surface area contributed by atoms with Gasteiger partial charge in [0.1, 0.15) is 17.6 Å². The number of aromatic hydroxyl groups is 1. The third-order valence-electron chi connectivity index (χ3n) is 3.51. The highest BCUT2D eigenvalue weighted by molar-refractivity contribution is 6.30. The van der Waals surface area contributed by atoms with Crippen molar-refractivity contribution >= 4 is 22.6 Å². The highest BCUT2D eigenvalue weighted by Crippen LogP contribution is 2.26. The van der Waals surface area contributed by atoms with Gasteiger partial charge in [0.25, 0.3) is 0 Å².